The van der Waals surface area contributed by atoms with Gasteiger partial charge in [-0.2, -0.15) is 0 Å². The summed E-state index contributed by atoms with van der Waals surface area (Å²) in [6, 6.07) is 7.41. The third-order valence-electron chi connectivity index (χ3n) is 4.39. The van der Waals surface area contributed by atoms with Crippen molar-refractivity contribution in [1.82, 2.24) is 0 Å². The van der Waals surface area contributed by atoms with Crippen LogP contribution in [-0.4, -0.2) is 31.7 Å². The van der Waals surface area contributed by atoms with Gasteiger partial charge >= 0.3 is 0 Å². The Morgan fingerprint density at radius 3 is 2.57 bits per heavy atom. The van der Waals surface area contributed by atoms with Crippen LogP contribution in [0.4, 0.5) is 0 Å². The minimum atomic E-state index is -1.01. The van der Waals surface area contributed by atoms with Gasteiger partial charge in [0, 0.05) is 31.8 Å². The number of fused-ring (bicyclic) bond motifs is 2. The Bertz CT molecular complexity index is 611. The normalized spacial score (nSPS) is 28.6. The van der Waals surface area contributed by atoms with E-state index in [1.807, 2.05) is 44.2 Å². The number of hydrogen-bond acceptors (Lipinski definition) is 4. The van der Waals surface area contributed by atoms with Crippen LogP contribution in [0.3, 0.4) is 0 Å². The number of carbonyl (C=O) groups is 1. The first-order valence-corrected chi connectivity index (χ1v) is 7.07. The van der Waals surface area contributed by atoms with Crippen LogP contribution in [0.2, 0.25) is 0 Å². The van der Waals surface area contributed by atoms with Gasteiger partial charge in [-0.15, -0.1) is 0 Å². The standard InChI is InChI=1S/C17H20O4/c1-11(2)9-10-16-14(18)12-7-5-6-8-13(12)17(19-3,20-4)15(16)21-16/h5-9,15H,10H2,1-4H3/t15-,16+/m0/s1. The van der Waals surface area contributed by atoms with Gasteiger partial charge in [0.15, 0.2) is 17.5 Å². The number of rotatable bonds is 4. The summed E-state index contributed by atoms with van der Waals surface area (Å²) in [5.74, 6) is -0.995. The van der Waals surface area contributed by atoms with E-state index in [1.165, 1.54) is 0 Å². The molecule has 0 spiro atoms. The largest absolute Gasteiger partial charge is 0.351 e. The van der Waals surface area contributed by atoms with E-state index in [1.54, 1.807) is 14.2 Å². The van der Waals surface area contributed by atoms with Gasteiger partial charge in [-0.1, -0.05) is 35.9 Å². The molecule has 1 aliphatic carbocycles. The number of ether oxygens (including phenoxy) is 3. The summed E-state index contributed by atoms with van der Waals surface area (Å²) in [7, 11) is 3.17. The molecule has 112 valence electrons. The molecule has 0 amide bonds. The second kappa shape index (κ2) is 4.77. The van der Waals surface area contributed by atoms with Crippen molar-refractivity contribution in [1.29, 1.82) is 0 Å². The number of methoxy groups -OCH3 is 2. The molecule has 4 heteroatoms. The molecular formula is C17H20O4. The highest BCUT2D eigenvalue weighted by molar-refractivity contribution is 6.08. The predicted octanol–water partition coefficient (Wildman–Crippen LogP) is 2.82. The summed E-state index contributed by atoms with van der Waals surface area (Å²) in [6.45, 7) is 4.02. The number of Topliss-reactive ketones (excluding diaryl/α,β-unsaturated/α-hetero) is 1. The van der Waals surface area contributed by atoms with E-state index in [9.17, 15) is 4.79 Å². The SMILES string of the molecule is COC1(OC)c2ccccc2C(=O)[C@@]2(CC=C(C)C)O[C@H]12. The van der Waals surface area contributed by atoms with Crippen molar-refractivity contribution >= 4 is 5.78 Å². The summed E-state index contributed by atoms with van der Waals surface area (Å²) in [5.41, 5.74) is 1.68. The van der Waals surface area contributed by atoms with Crippen LogP contribution in [0.25, 0.3) is 0 Å². The molecule has 4 nitrogen and oxygen atoms in total. The molecule has 0 bridgehead atoms. The van der Waals surface area contributed by atoms with Crippen molar-refractivity contribution in [2.24, 2.45) is 0 Å². The monoisotopic (exact) mass is 288 g/mol. The van der Waals surface area contributed by atoms with Gasteiger partial charge < -0.3 is 14.2 Å². The lowest BCUT2D eigenvalue weighted by atomic mass is 9.77. The summed E-state index contributed by atoms with van der Waals surface area (Å²) in [6.07, 6.45) is 2.17. The van der Waals surface area contributed by atoms with Crippen molar-refractivity contribution in [3.05, 3.63) is 47.0 Å². The number of hydrogen-bond donors (Lipinski definition) is 0. The van der Waals surface area contributed by atoms with Crippen LogP contribution in [0.1, 0.15) is 36.2 Å². The molecule has 0 unspecified atom stereocenters. The number of carbonyl (C=O) groups excluding carboxylic acids is 1. The average molecular weight is 288 g/mol. The van der Waals surface area contributed by atoms with E-state index in [4.69, 9.17) is 14.2 Å². The molecule has 1 heterocycles. The van der Waals surface area contributed by atoms with Crippen LogP contribution in [0, 0.1) is 0 Å². The average Bonchev–Trinajstić information content (AvgIpc) is 3.24. The van der Waals surface area contributed by atoms with Gasteiger partial charge in [-0.05, 0) is 13.8 Å². The predicted molar refractivity (Wildman–Crippen MR) is 78.1 cm³/mol. The highest BCUT2D eigenvalue weighted by Gasteiger charge is 2.74. The highest BCUT2D eigenvalue weighted by atomic mass is 16.7. The van der Waals surface area contributed by atoms with Gasteiger partial charge in [0.05, 0.1) is 0 Å². The molecular weight excluding hydrogens is 268 g/mol. The molecule has 1 fully saturated rings. The topological polar surface area (TPSA) is 48.1 Å². The summed E-state index contributed by atoms with van der Waals surface area (Å²) >= 11 is 0. The lowest BCUT2D eigenvalue weighted by Gasteiger charge is -2.35. The van der Waals surface area contributed by atoms with Gasteiger partial charge in [-0.3, -0.25) is 4.79 Å². The van der Waals surface area contributed by atoms with E-state index in [2.05, 4.69) is 0 Å². The maximum absolute atomic E-state index is 12.8. The Balaban J connectivity index is 2.12. The van der Waals surface area contributed by atoms with Gasteiger partial charge in [0.25, 0.3) is 0 Å². The molecule has 1 aromatic carbocycles. The van der Waals surface area contributed by atoms with E-state index >= 15 is 0 Å². The highest BCUT2D eigenvalue weighted by Crippen LogP contribution is 2.58. The molecule has 2 atom stereocenters. The smallest absolute Gasteiger partial charge is 0.225 e. The van der Waals surface area contributed by atoms with E-state index in [-0.39, 0.29) is 5.78 Å². The van der Waals surface area contributed by atoms with Crippen LogP contribution in [-0.2, 0) is 20.0 Å². The molecule has 3 rings (SSSR count). The lowest BCUT2D eigenvalue weighted by molar-refractivity contribution is -0.229. The summed E-state index contributed by atoms with van der Waals surface area (Å²) in [4.78, 5) is 12.8. The molecule has 1 aliphatic heterocycles. The summed E-state index contributed by atoms with van der Waals surface area (Å²) < 4.78 is 17.2. The first-order chi connectivity index (χ1) is 10.0. The quantitative estimate of drug-likeness (QED) is 0.485. The number of epoxide rings is 1. The Labute approximate surface area is 124 Å². The van der Waals surface area contributed by atoms with E-state index in [0.717, 1.165) is 11.1 Å². The minimum Gasteiger partial charge on any atom is -0.351 e. The maximum Gasteiger partial charge on any atom is 0.225 e. The van der Waals surface area contributed by atoms with Gasteiger partial charge in [0.2, 0.25) is 5.79 Å². The Morgan fingerprint density at radius 1 is 1.29 bits per heavy atom. The van der Waals surface area contributed by atoms with E-state index in [0.29, 0.717) is 12.0 Å². The number of ketones is 1. The van der Waals surface area contributed by atoms with E-state index < -0.39 is 17.5 Å². The van der Waals surface area contributed by atoms with Crippen molar-refractivity contribution < 1.29 is 19.0 Å². The molecule has 0 radical (unpaired) electrons. The number of benzene rings is 1. The second-order valence-corrected chi connectivity index (χ2v) is 5.82. The molecule has 1 saturated heterocycles. The zero-order valence-corrected chi connectivity index (χ0v) is 12.8. The molecule has 2 aliphatic rings. The summed E-state index contributed by atoms with van der Waals surface area (Å²) in [5, 5.41) is 0. The fourth-order valence-corrected chi connectivity index (χ4v) is 3.21. The van der Waals surface area contributed by atoms with Crippen molar-refractivity contribution in [3.8, 4) is 0 Å². The molecule has 0 aromatic heterocycles. The van der Waals surface area contributed by atoms with Crippen LogP contribution >= 0.6 is 0 Å². The molecule has 21 heavy (non-hydrogen) atoms. The van der Waals surface area contributed by atoms with Crippen molar-refractivity contribution in [2.75, 3.05) is 14.2 Å². The fraction of sp³-hybridized carbons (Fsp3) is 0.471. The molecule has 0 saturated carbocycles. The van der Waals surface area contributed by atoms with Crippen LogP contribution < -0.4 is 0 Å². The van der Waals surface area contributed by atoms with Gasteiger partial charge in [0.1, 0.15) is 0 Å². The third kappa shape index (κ3) is 1.83. The first-order valence-electron chi connectivity index (χ1n) is 7.07. The zero-order chi connectivity index (χ0) is 15.3. The van der Waals surface area contributed by atoms with Crippen molar-refractivity contribution in [3.63, 3.8) is 0 Å². The Hall–Kier alpha value is -1.49. The van der Waals surface area contributed by atoms with Crippen molar-refractivity contribution in [2.45, 2.75) is 37.8 Å². The Morgan fingerprint density at radius 2 is 1.95 bits per heavy atom. The maximum atomic E-state index is 12.8. The number of allylic oxidation sites excluding steroid dienone is 1. The van der Waals surface area contributed by atoms with Crippen LogP contribution in [0.15, 0.2) is 35.9 Å². The third-order valence-corrected chi connectivity index (χ3v) is 4.39. The fourth-order valence-electron chi connectivity index (χ4n) is 3.21. The van der Waals surface area contributed by atoms with Crippen LogP contribution in [0.5, 0.6) is 0 Å². The minimum absolute atomic E-state index is 0.0188. The zero-order valence-electron chi connectivity index (χ0n) is 12.8. The lowest BCUT2D eigenvalue weighted by Crippen LogP contribution is -2.48. The molecule has 1 aromatic rings. The van der Waals surface area contributed by atoms with Gasteiger partial charge in [-0.25, -0.2) is 0 Å². The Kier molecular flexibility index (Phi) is 3.28. The molecule has 0 N–H and O–H groups in total. The first kappa shape index (κ1) is 14.4. The second-order valence-electron chi connectivity index (χ2n) is 5.82.